The number of nitrogens with zero attached hydrogens (tertiary/aromatic N) is 2. The number of nitrogens with one attached hydrogen (secondary N) is 2. The summed E-state index contributed by atoms with van der Waals surface area (Å²) in [5, 5.41) is 17.0. The van der Waals surface area contributed by atoms with Crippen LogP contribution in [0.15, 0.2) is 54.6 Å². The van der Waals surface area contributed by atoms with Crippen molar-refractivity contribution in [1.82, 2.24) is 9.97 Å². The number of halogens is 2. The number of aliphatic hydroxyl groups is 1. The van der Waals surface area contributed by atoms with Gasteiger partial charge in [-0.3, -0.25) is 0 Å². The quantitative estimate of drug-likeness (QED) is 0.465. The SMILES string of the molecule is CC(C)[C@@H](CO)Nc1nc(Nc2cccc(Cl)c2Cl)cc(-c2ccccc2)n1. The van der Waals surface area contributed by atoms with Gasteiger partial charge < -0.3 is 15.7 Å². The molecule has 3 N–H and O–H groups in total. The van der Waals surface area contributed by atoms with Crippen molar-refractivity contribution >= 4 is 40.7 Å². The molecule has 3 aromatic rings. The topological polar surface area (TPSA) is 70.1 Å². The van der Waals surface area contributed by atoms with E-state index in [0.29, 0.717) is 27.5 Å². The lowest BCUT2D eigenvalue weighted by Crippen LogP contribution is -2.30. The highest BCUT2D eigenvalue weighted by atomic mass is 35.5. The molecule has 5 nitrogen and oxygen atoms in total. The number of hydrogen-bond acceptors (Lipinski definition) is 5. The Morgan fingerprint density at radius 1 is 1.00 bits per heavy atom. The largest absolute Gasteiger partial charge is 0.394 e. The van der Waals surface area contributed by atoms with Crippen molar-refractivity contribution in [2.45, 2.75) is 19.9 Å². The summed E-state index contributed by atoms with van der Waals surface area (Å²) in [5.74, 6) is 1.21. The highest BCUT2D eigenvalue weighted by Crippen LogP contribution is 2.32. The van der Waals surface area contributed by atoms with Crippen LogP contribution in [0, 0.1) is 5.92 Å². The molecular formula is C21H22Cl2N4O. The van der Waals surface area contributed by atoms with Gasteiger partial charge in [0.2, 0.25) is 5.95 Å². The van der Waals surface area contributed by atoms with Crippen LogP contribution in [0.1, 0.15) is 13.8 Å². The molecule has 146 valence electrons. The maximum absolute atomic E-state index is 9.65. The third-order valence-corrected chi connectivity index (χ3v) is 5.14. The minimum atomic E-state index is -0.159. The van der Waals surface area contributed by atoms with Gasteiger partial charge in [-0.15, -0.1) is 0 Å². The van der Waals surface area contributed by atoms with Crippen molar-refractivity contribution in [2.24, 2.45) is 5.92 Å². The molecule has 1 aromatic heterocycles. The predicted molar refractivity (Wildman–Crippen MR) is 117 cm³/mol. The Labute approximate surface area is 174 Å². The first kappa shape index (κ1) is 20.4. The van der Waals surface area contributed by atoms with E-state index in [4.69, 9.17) is 23.2 Å². The van der Waals surface area contributed by atoms with Crippen molar-refractivity contribution in [3.8, 4) is 11.3 Å². The smallest absolute Gasteiger partial charge is 0.225 e. The molecular weight excluding hydrogens is 395 g/mol. The average Bonchev–Trinajstić information content (AvgIpc) is 2.70. The molecule has 3 rings (SSSR count). The van der Waals surface area contributed by atoms with Crippen LogP contribution in [-0.4, -0.2) is 27.7 Å². The molecule has 1 atom stereocenters. The van der Waals surface area contributed by atoms with E-state index in [2.05, 4.69) is 20.6 Å². The van der Waals surface area contributed by atoms with Crippen LogP contribution in [0.3, 0.4) is 0 Å². The summed E-state index contributed by atoms with van der Waals surface area (Å²) in [4.78, 5) is 9.17. The summed E-state index contributed by atoms with van der Waals surface area (Å²) in [6, 6.07) is 16.9. The zero-order valence-electron chi connectivity index (χ0n) is 15.7. The molecule has 0 unspecified atom stereocenters. The van der Waals surface area contributed by atoms with Crippen LogP contribution < -0.4 is 10.6 Å². The van der Waals surface area contributed by atoms with E-state index in [9.17, 15) is 5.11 Å². The molecule has 1 heterocycles. The third-order valence-electron chi connectivity index (χ3n) is 4.33. The summed E-state index contributed by atoms with van der Waals surface area (Å²) in [6.07, 6.45) is 0. The van der Waals surface area contributed by atoms with Gasteiger partial charge in [-0.05, 0) is 18.1 Å². The standard InChI is InChI=1S/C21H22Cl2N4O/c1-13(2)18(12-28)26-21-25-17(14-7-4-3-5-8-14)11-19(27-21)24-16-10-6-9-15(22)20(16)23/h3-11,13,18,28H,12H2,1-2H3,(H2,24,25,26,27)/t18-/m1/s1. The van der Waals surface area contributed by atoms with Crippen LogP contribution in [0.2, 0.25) is 10.0 Å². The highest BCUT2D eigenvalue weighted by Gasteiger charge is 2.15. The molecule has 0 bridgehead atoms. The van der Waals surface area contributed by atoms with E-state index in [-0.39, 0.29) is 18.6 Å². The van der Waals surface area contributed by atoms with Crippen LogP contribution in [0.5, 0.6) is 0 Å². The Bertz CT molecular complexity index is 935. The number of aliphatic hydroxyl groups excluding tert-OH is 1. The second-order valence-corrected chi connectivity index (χ2v) is 7.52. The Kier molecular flexibility index (Phi) is 6.73. The monoisotopic (exact) mass is 416 g/mol. The van der Waals surface area contributed by atoms with Crippen molar-refractivity contribution in [3.05, 3.63) is 64.6 Å². The van der Waals surface area contributed by atoms with Crippen molar-refractivity contribution in [1.29, 1.82) is 0 Å². The fourth-order valence-corrected chi connectivity index (χ4v) is 3.01. The van der Waals surface area contributed by atoms with Gasteiger partial charge in [0.25, 0.3) is 0 Å². The van der Waals surface area contributed by atoms with Gasteiger partial charge >= 0.3 is 0 Å². The van der Waals surface area contributed by atoms with E-state index >= 15 is 0 Å². The molecule has 0 spiro atoms. The van der Waals surface area contributed by atoms with Gasteiger partial charge in [0.1, 0.15) is 5.82 Å². The Morgan fingerprint density at radius 3 is 2.43 bits per heavy atom. The summed E-state index contributed by atoms with van der Waals surface area (Å²) in [5.41, 5.74) is 2.36. The maximum atomic E-state index is 9.65. The molecule has 0 amide bonds. The molecule has 0 saturated carbocycles. The summed E-state index contributed by atoms with van der Waals surface area (Å²) in [7, 11) is 0. The van der Waals surface area contributed by atoms with Crippen molar-refractivity contribution < 1.29 is 5.11 Å². The van der Waals surface area contributed by atoms with Gasteiger partial charge in [0.05, 0.1) is 34.1 Å². The number of rotatable bonds is 7. The van der Waals surface area contributed by atoms with Gasteiger partial charge in [0.15, 0.2) is 0 Å². The molecule has 0 aliphatic heterocycles. The maximum Gasteiger partial charge on any atom is 0.225 e. The lowest BCUT2D eigenvalue weighted by atomic mass is 10.1. The Balaban J connectivity index is 2.00. The first-order valence-electron chi connectivity index (χ1n) is 9.01. The molecule has 0 aliphatic carbocycles. The highest BCUT2D eigenvalue weighted by molar-refractivity contribution is 6.43. The number of aromatic nitrogens is 2. The predicted octanol–water partition coefficient (Wildman–Crippen LogP) is 5.62. The summed E-state index contributed by atoms with van der Waals surface area (Å²) < 4.78 is 0. The number of benzene rings is 2. The van der Waals surface area contributed by atoms with Crippen LogP contribution in [0.4, 0.5) is 17.5 Å². The van der Waals surface area contributed by atoms with E-state index in [1.54, 1.807) is 6.07 Å². The normalized spacial score (nSPS) is 12.1. The fourth-order valence-electron chi connectivity index (χ4n) is 2.66. The van der Waals surface area contributed by atoms with Gasteiger partial charge in [-0.1, -0.05) is 73.4 Å². The molecule has 0 radical (unpaired) electrons. The van der Waals surface area contributed by atoms with Crippen molar-refractivity contribution in [3.63, 3.8) is 0 Å². The minimum Gasteiger partial charge on any atom is -0.394 e. The van der Waals surface area contributed by atoms with Crippen LogP contribution in [-0.2, 0) is 0 Å². The zero-order chi connectivity index (χ0) is 20.1. The first-order chi connectivity index (χ1) is 13.5. The van der Waals surface area contributed by atoms with Crippen molar-refractivity contribution in [2.75, 3.05) is 17.2 Å². The fraction of sp³-hybridized carbons (Fsp3) is 0.238. The second-order valence-electron chi connectivity index (χ2n) is 6.73. The lowest BCUT2D eigenvalue weighted by molar-refractivity contribution is 0.248. The van der Waals surface area contributed by atoms with Gasteiger partial charge in [-0.2, -0.15) is 4.98 Å². The van der Waals surface area contributed by atoms with Crippen LogP contribution in [0.25, 0.3) is 11.3 Å². The van der Waals surface area contributed by atoms with Gasteiger partial charge in [0, 0.05) is 11.6 Å². The lowest BCUT2D eigenvalue weighted by Gasteiger charge is -2.21. The summed E-state index contributed by atoms with van der Waals surface area (Å²) in [6.45, 7) is 4.04. The first-order valence-corrected chi connectivity index (χ1v) is 9.76. The van der Waals surface area contributed by atoms with E-state index in [1.807, 2.05) is 62.4 Å². The third kappa shape index (κ3) is 4.93. The number of hydrogen-bond donors (Lipinski definition) is 3. The van der Waals surface area contributed by atoms with E-state index < -0.39 is 0 Å². The van der Waals surface area contributed by atoms with E-state index in [1.165, 1.54) is 0 Å². The zero-order valence-corrected chi connectivity index (χ0v) is 17.2. The number of anilines is 3. The molecule has 0 saturated heterocycles. The molecule has 7 heteroatoms. The minimum absolute atomic E-state index is 0.0144. The molecule has 0 aliphatic rings. The Hall–Kier alpha value is -2.34. The Morgan fingerprint density at radius 2 is 1.75 bits per heavy atom. The average molecular weight is 417 g/mol. The molecule has 2 aromatic carbocycles. The van der Waals surface area contributed by atoms with E-state index in [0.717, 1.165) is 11.3 Å². The van der Waals surface area contributed by atoms with Gasteiger partial charge in [-0.25, -0.2) is 4.98 Å². The second kappa shape index (κ2) is 9.24. The van der Waals surface area contributed by atoms with Crippen LogP contribution >= 0.6 is 23.2 Å². The summed E-state index contributed by atoms with van der Waals surface area (Å²) >= 11 is 12.4. The molecule has 0 fully saturated rings. The molecule has 28 heavy (non-hydrogen) atoms.